The Kier molecular flexibility index (Phi) is 5.63. The van der Waals surface area contributed by atoms with Crippen LogP contribution in [0.15, 0.2) is 36.4 Å². The summed E-state index contributed by atoms with van der Waals surface area (Å²) in [5.74, 6) is -5.27. The van der Waals surface area contributed by atoms with E-state index in [-0.39, 0.29) is 5.56 Å². The highest BCUT2D eigenvalue weighted by Crippen LogP contribution is 2.26. The number of aliphatic hydroxyl groups excluding tert-OH is 1. The molecule has 1 rings (SSSR count). The number of unbranched alkanes of at least 4 members (excludes halogenated alkanes) is 1. The quantitative estimate of drug-likeness (QED) is 0.637. The number of carbonyl (C=O) groups is 1. The van der Waals surface area contributed by atoms with Gasteiger partial charge in [0.15, 0.2) is 0 Å². The summed E-state index contributed by atoms with van der Waals surface area (Å²) in [4.78, 5) is 11.7. The van der Waals surface area contributed by atoms with Gasteiger partial charge in [0, 0.05) is 10.6 Å². The molecule has 5 heteroatoms. The second kappa shape index (κ2) is 6.78. The van der Waals surface area contributed by atoms with Gasteiger partial charge in [-0.05, 0) is 30.7 Å². The van der Waals surface area contributed by atoms with Crippen LogP contribution in [-0.2, 0) is 0 Å². The minimum Gasteiger partial charge on any atom is -0.382 e. The van der Waals surface area contributed by atoms with Crippen LogP contribution in [0.4, 0.5) is 8.78 Å². The van der Waals surface area contributed by atoms with E-state index in [0.717, 1.165) is 12.5 Å². The van der Waals surface area contributed by atoms with E-state index in [1.165, 1.54) is 30.3 Å². The number of allylic oxidation sites excluding steroid dienone is 1. The standard InChI is InChI=1S/C14H15ClF2O2/c1-2-3-4-5-12(18)14(16,17)13(19)10-6-8-11(15)9-7-10/h4-9,12,18H,2-3H2,1H3/b5-4+. The fourth-order valence-electron chi connectivity index (χ4n) is 1.44. The Morgan fingerprint density at radius 3 is 2.53 bits per heavy atom. The molecule has 0 radical (unpaired) electrons. The summed E-state index contributed by atoms with van der Waals surface area (Å²) in [6.45, 7) is 1.88. The van der Waals surface area contributed by atoms with Crippen LogP contribution in [0.5, 0.6) is 0 Å². The van der Waals surface area contributed by atoms with E-state index in [1.807, 2.05) is 6.92 Å². The summed E-state index contributed by atoms with van der Waals surface area (Å²) in [7, 11) is 0. The van der Waals surface area contributed by atoms with Crippen LogP contribution in [-0.4, -0.2) is 22.9 Å². The highest BCUT2D eigenvalue weighted by molar-refractivity contribution is 6.30. The molecule has 0 aliphatic heterocycles. The Bertz CT molecular complexity index is 455. The predicted octanol–water partition coefficient (Wildman–Crippen LogP) is 3.88. The van der Waals surface area contributed by atoms with Gasteiger partial charge >= 0.3 is 5.92 Å². The van der Waals surface area contributed by atoms with Gasteiger partial charge in [-0.25, -0.2) is 0 Å². The van der Waals surface area contributed by atoms with Crippen molar-refractivity contribution in [3.05, 3.63) is 47.0 Å². The number of Topliss-reactive ketones (excluding diaryl/α,β-unsaturated/α-hetero) is 1. The van der Waals surface area contributed by atoms with Crippen molar-refractivity contribution in [2.75, 3.05) is 0 Å². The molecule has 1 N–H and O–H groups in total. The van der Waals surface area contributed by atoms with Crippen LogP contribution >= 0.6 is 11.6 Å². The number of halogens is 3. The number of benzene rings is 1. The van der Waals surface area contributed by atoms with Crippen molar-refractivity contribution in [1.82, 2.24) is 0 Å². The van der Waals surface area contributed by atoms with E-state index < -0.39 is 17.8 Å². The Labute approximate surface area is 115 Å². The largest absolute Gasteiger partial charge is 0.382 e. The SMILES string of the molecule is CCC/C=C/C(O)C(F)(F)C(=O)c1ccc(Cl)cc1. The van der Waals surface area contributed by atoms with Crippen molar-refractivity contribution in [2.24, 2.45) is 0 Å². The first-order valence-electron chi connectivity index (χ1n) is 5.92. The van der Waals surface area contributed by atoms with E-state index in [9.17, 15) is 18.7 Å². The second-order valence-electron chi connectivity index (χ2n) is 4.12. The third-order valence-corrected chi connectivity index (χ3v) is 2.81. The fourth-order valence-corrected chi connectivity index (χ4v) is 1.57. The molecule has 2 nitrogen and oxygen atoms in total. The first kappa shape index (κ1) is 15.8. The second-order valence-corrected chi connectivity index (χ2v) is 4.56. The molecule has 0 saturated carbocycles. The number of hydrogen-bond donors (Lipinski definition) is 1. The Morgan fingerprint density at radius 2 is 2.00 bits per heavy atom. The lowest BCUT2D eigenvalue weighted by molar-refractivity contribution is -0.0570. The van der Waals surface area contributed by atoms with Gasteiger partial charge in [0.2, 0.25) is 5.78 Å². The topological polar surface area (TPSA) is 37.3 Å². The van der Waals surface area contributed by atoms with Crippen molar-refractivity contribution < 1.29 is 18.7 Å². The highest BCUT2D eigenvalue weighted by atomic mass is 35.5. The summed E-state index contributed by atoms with van der Waals surface area (Å²) < 4.78 is 27.5. The number of hydrogen-bond acceptors (Lipinski definition) is 2. The molecule has 0 saturated heterocycles. The van der Waals surface area contributed by atoms with Crippen LogP contribution in [0.3, 0.4) is 0 Å². The molecule has 0 amide bonds. The number of aliphatic hydroxyl groups is 1. The lowest BCUT2D eigenvalue weighted by Crippen LogP contribution is -2.40. The summed E-state index contributed by atoms with van der Waals surface area (Å²) in [5.41, 5.74) is -0.183. The Morgan fingerprint density at radius 1 is 1.42 bits per heavy atom. The average Bonchev–Trinajstić information content (AvgIpc) is 2.39. The molecule has 1 aromatic carbocycles. The van der Waals surface area contributed by atoms with Gasteiger partial charge < -0.3 is 5.11 Å². The summed E-state index contributed by atoms with van der Waals surface area (Å²) in [6.07, 6.45) is 1.62. The van der Waals surface area contributed by atoms with Crippen LogP contribution in [0.2, 0.25) is 5.02 Å². The van der Waals surface area contributed by atoms with Gasteiger partial charge in [0.05, 0.1) is 0 Å². The monoisotopic (exact) mass is 288 g/mol. The maximum absolute atomic E-state index is 13.7. The number of alkyl halides is 2. The van der Waals surface area contributed by atoms with E-state index in [2.05, 4.69) is 0 Å². The molecular weight excluding hydrogens is 274 g/mol. The van der Waals surface area contributed by atoms with Crippen LogP contribution in [0.1, 0.15) is 30.1 Å². The minimum atomic E-state index is -3.85. The van der Waals surface area contributed by atoms with Gasteiger partial charge in [0.1, 0.15) is 6.10 Å². The maximum Gasteiger partial charge on any atom is 0.338 e. The Balaban J connectivity index is 2.86. The van der Waals surface area contributed by atoms with Gasteiger partial charge in [-0.3, -0.25) is 4.79 Å². The molecule has 0 aliphatic rings. The predicted molar refractivity (Wildman–Crippen MR) is 70.8 cm³/mol. The van der Waals surface area contributed by atoms with Crippen molar-refractivity contribution in [3.63, 3.8) is 0 Å². The van der Waals surface area contributed by atoms with Crippen molar-refractivity contribution in [1.29, 1.82) is 0 Å². The van der Waals surface area contributed by atoms with Gasteiger partial charge in [0.25, 0.3) is 0 Å². The lowest BCUT2D eigenvalue weighted by atomic mass is 10.0. The highest BCUT2D eigenvalue weighted by Gasteiger charge is 2.45. The summed E-state index contributed by atoms with van der Waals surface area (Å²) in [5, 5.41) is 9.76. The molecule has 1 atom stereocenters. The van der Waals surface area contributed by atoms with Crippen molar-refractivity contribution >= 4 is 17.4 Å². The van der Waals surface area contributed by atoms with Crippen LogP contribution in [0.25, 0.3) is 0 Å². The molecule has 1 aromatic rings. The normalized spacial score (nSPS) is 13.7. The van der Waals surface area contributed by atoms with E-state index in [4.69, 9.17) is 11.6 Å². The fraction of sp³-hybridized carbons (Fsp3) is 0.357. The average molecular weight is 289 g/mol. The zero-order chi connectivity index (χ0) is 14.5. The molecule has 0 heterocycles. The molecule has 0 aromatic heterocycles. The van der Waals surface area contributed by atoms with E-state index >= 15 is 0 Å². The number of ketones is 1. The molecule has 19 heavy (non-hydrogen) atoms. The lowest BCUT2D eigenvalue weighted by Gasteiger charge is -2.18. The smallest absolute Gasteiger partial charge is 0.338 e. The van der Waals surface area contributed by atoms with E-state index in [1.54, 1.807) is 0 Å². The Hall–Kier alpha value is -1.26. The van der Waals surface area contributed by atoms with E-state index in [0.29, 0.717) is 11.4 Å². The summed E-state index contributed by atoms with van der Waals surface area (Å²) in [6, 6.07) is 5.12. The molecule has 104 valence electrons. The maximum atomic E-state index is 13.7. The molecule has 0 fully saturated rings. The summed E-state index contributed by atoms with van der Waals surface area (Å²) >= 11 is 5.62. The van der Waals surface area contributed by atoms with Gasteiger partial charge in [-0.2, -0.15) is 8.78 Å². The van der Waals surface area contributed by atoms with Crippen LogP contribution in [0, 0.1) is 0 Å². The van der Waals surface area contributed by atoms with Gasteiger partial charge in [-0.15, -0.1) is 0 Å². The zero-order valence-electron chi connectivity index (χ0n) is 10.4. The molecule has 0 aliphatic carbocycles. The van der Waals surface area contributed by atoms with Crippen molar-refractivity contribution in [3.8, 4) is 0 Å². The minimum absolute atomic E-state index is 0.183. The zero-order valence-corrected chi connectivity index (χ0v) is 11.2. The third-order valence-electron chi connectivity index (χ3n) is 2.55. The molecule has 0 bridgehead atoms. The third kappa shape index (κ3) is 4.11. The van der Waals surface area contributed by atoms with Crippen LogP contribution < -0.4 is 0 Å². The molecule has 0 spiro atoms. The molecular formula is C14H15ClF2O2. The molecule has 1 unspecified atom stereocenters. The number of rotatable bonds is 6. The number of carbonyl (C=O) groups excluding carboxylic acids is 1. The van der Waals surface area contributed by atoms with Crippen molar-refractivity contribution in [2.45, 2.75) is 31.8 Å². The van der Waals surface area contributed by atoms with Gasteiger partial charge in [-0.1, -0.05) is 37.1 Å². The first-order chi connectivity index (χ1) is 8.89. The first-order valence-corrected chi connectivity index (χ1v) is 6.30.